The number of hydrogen-bond donors (Lipinski definition) is 1. The van der Waals surface area contributed by atoms with Crippen molar-refractivity contribution in [2.24, 2.45) is 5.92 Å². The summed E-state index contributed by atoms with van der Waals surface area (Å²) in [6, 6.07) is 0.415. The van der Waals surface area contributed by atoms with Gasteiger partial charge >= 0.3 is 5.97 Å². The van der Waals surface area contributed by atoms with Crippen molar-refractivity contribution in [3.05, 3.63) is 0 Å². The number of esters is 1. The zero-order valence-electron chi connectivity index (χ0n) is 10.8. The highest BCUT2D eigenvalue weighted by Gasteiger charge is 2.17. The number of methoxy groups -OCH3 is 1. The quantitative estimate of drug-likeness (QED) is 0.682. The summed E-state index contributed by atoms with van der Waals surface area (Å²) >= 11 is 0. The fourth-order valence-electron chi connectivity index (χ4n) is 1.78. The molecule has 0 aromatic heterocycles. The normalized spacial score (nSPS) is 18.6. The molecule has 4 unspecified atom stereocenters. The Morgan fingerprint density at radius 1 is 1.31 bits per heavy atom. The summed E-state index contributed by atoms with van der Waals surface area (Å²) in [5.41, 5.74) is 0. The van der Waals surface area contributed by atoms with Crippen LogP contribution in [-0.2, 0) is 20.3 Å². The van der Waals surface area contributed by atoms with Crippen molar-refractivity contribution in [1.82, 2.24) is 5.32 Å². The lowest BCUT2D eigenvalue weighted by molar-refractivity contribution is -0.145. The Labute approximate surface area is 101 Å². The Morgan fingerprint density at radius 3 is 2.31 bits per heavy atom. The summed E-state index contributed by atoms with van der Waals surface area (Å²) in [5, 5.41) is 3.32. The van der Waals surface area contributed by atoms with E-state index in [0.29, 0.717) is 5.75 Å². The summed E-state index contributed by atoms with van der Waals surface area (Å²) in [5.74, 6) is 0.351. The molecule has 0 aliphatic rings. The van der Waals surface area contributed by atoms with Gasteiger partial charge < -0.3 is 10.1 Å². The van der Waals surface area contributed by atoms with Crippen molar-refractivity contribution in [3.63, 3.8) is 0 Å². The average molecular weight is 249 g/mol. The fraction of sp³-hybridized carbons (Fsp3) is 0.909. The van der Waals surface area contributed by atoms with Gasteiger partial charge in [-0.15, -0.1) is 0 Å². The molecule has 0 radical (unpaired) electrons. The van der Waals surface area contributed by atoms with Gasteiger partial charge in [-0.3, -0.25) is 9.00 Å². The predicted molar refractivity (Wildman–Crippen MR) is 66.8 cm³/mol. The maximum atomic E-state index is 11.2. The zero-order valence-corrected chi connectivity index (χ0v) is 11.6. The molecule has 0 rings (SSSR count). The van der Waals surface area contributed by atoms with Crippen LogP contribution in [0, 0.1) is 5.92 Å². The molecule has 16 heavy (non-hydrogen) atoms. The summed E-state index contributed by atoms with van der Waals surface area (Å²) in [7, 11) is 0.613. The first-order valence-corrected chi connectivity index (χ1v) is 7.23. The lowest BCUT2D eigenvalue weighted by atomic mass is 10.0. The van der Waals surface area contributed by atoms with Gasteiger partial charge in [0.25, 0.3) is 0 Å². The highest BCUT2D eigenvalue weighted by Crippen LogP contribution is 2.08. The van der Waals surface area contributed by atoms with Crippen LogP contribution in [0.1, 0.15) is 27.2 Å². The van der Waals surface area contributed by atoms with E-state index in [1.165, 1.54) is 7.11 Å². The molecule has 0 bridgehead atoms. The van der Waals surface area contributed by atoms with Crippen LogP contribution in [0.15, 0.2) is 0 Å². The summed E-state index contributed by atoms with van der Waals surface area (Å²) in [6.45, 7) is 5.88. The minimum Gasteiger partial charge on any atom is -0.469 e. The molecule has 0 spiro atoms. The fourth-order valence-corrected chi connectivity index (χ4v) is 2.58. The summed E-state index contributed by atoms with van der Waals surface area (Å²) in [4.78, 5) is 11.2. The summed E-state index contributed by atoms with van der Waals surface area (Å²) < 4.78 is 15.7. The molecule has 0 heterocycles. The number of carbonyl (C=O) groups excluding carboxylic acids is 1. The molecule has 0 fully saturated rings. The van der Waals surface area contributed by atoms with Crippen molar-refractivity contribution >= 4 is 16.8 Å². The van der Waals surface area contributed by atoms with Crippen LogP contribution in [0.3, 0.4) is 0 Å². The molecule has 0 amide bonds. The van der Waals surface area contributed by atoms with Crippen molar-refractivity contribution in [3.8, 4) is 0 Å². The monoisotopic (exact) mass is 249 g/mol. The standard InChI is InChI=1S/C11H23NO3S/c1-8(11(13)15-4)6-9(2)12-10(3)7-16(5)14/h8-10,12H,6-7H2,1-5H3. The van der Waals surface area contributed by atoms with Gasteiger partial charge in [-0.25, -0.2) is 0 Å². The minimum absolute atomic E-state index is 0.105. The van der Waals surface area contributed by atoms with Gasteiger partial charge in [0.05, 0.1) is 13.0 Å². The van der Waals surface area contributed by atoms with E-state index in [0.717, 1.165) is 6.42 Å². The Kier molecular flexibility index (Phi) is 7.58. The smallest absolute Gasteiger partial charge is 0.308 e. The van der Waals surface area contributed by atoms with E-state index in [1.807, 2.05) is 20.8 Å². The Balaban J connectivity index is 3.93. The molecular weight excluding hydrogens is 226 g/mol. The first-order chi connectivity index (χ1) is 7.36. The Bertz CT molecular complexity index is 245. The molecule has 0 aromatic rings. The van der Waals surface area contributed by atoms with Gasteiger partial charge in [-0.05, 0) is 20.3 Å². The Morgan fingerprint density at radius 2 is 1.88 bits per heavy atom. The van der Waals surface area contributed by atoms with Gasteiger partial charge in [-0.1, -0.05) is 6.92 Å². The third kappa shape index (κ3) is 6.95. The van der Waals surface area contributed by atoms with E-state index in [1.54, 1.807) is 6.26 Å². The molecule has 0 aromatic carbocycles. The van der Waals surface area contributed by atoms with Gasteiger partial charge in [-0.2, -0.15) is 0 Å². The molecule has 0 aliphatic carbocycles. The molecule has 0 saturated carbocycles. The van der Waals surface area contributed by atoms with Crippen LogP contribution in [0.5, 0.6) is 0 Å². The van der Waals surface area contributed by atoms with Crippen LogP contribution in [0.25, 0.3) is 0 Å². The lowest BCUT2D eigenvalue weighted by Crippen LogP contribution is -2.39. The maximum Gasteiger partial charge on any atom is 0.308 e. The molecule has 4 atom stereocenters. The molecule has 0 aliphatic heterocycles. The van der Waals surface area contributed by atoms with Crippen molar-refractivity contribution in [2.75, 3.05) is 19.1 Å². The number of carbonyl (C=O) groups is 1. The van der Waals surface area contributed by atoms with Gasteiger partial charge in [0.1, 0.15) is 0 Å². The molecule has 5 heteroatoms. The van der Waals surface area contributed by atoms with Crippen LogP contribution in [0.4, 0.5) is 0 Å². The van der Waals surface area contributed by atoms with Gasteiger partial charge in [0.2, 0.25) is 0 Å². The SMILES string of the molecule is COC(=O)C(C)CC(C)NC(C)CS(C)=O. The maximum absolute atomic E-state index is 11.2. The Hall–Kier alpha value is -0.420. The van der Waals surface area contributed by atoms with Crippen molar-refractivity contribution in [2.45, 2.75) is 39.3 Å². The minimum atomic E-state index is -0.789. The van der Waals surface area contributed by atoms with Crippen LogP contribution >= 0.6 is 0 Å². The summed E-state index contributed by atoms with van der Waals surface area (Å²) in [6.07, 6.45) is 2.42. The van der Waals surface area contributed by atoms with E-state index in [4.69, 9.17) is 0 Å². The molecule has 1 N–H and O–H groups in total. The predicted octanol–water partition coefficient (Wildman–Crippen LogP) is 0.931. The van der Waals surface area contributed by atoms with Crippen molar-refractivity contribution < 1.29 is 13.7 Å². The topological polar surface area (TPSA) is 55.4 Å². The van der Waals surface area contributed by atoms with Gasteiger partial charge in [0.15, 0.2) is 0 Å². The zero-order chi connectivity index (χ0) is 12.7. The molecular formula is C11H23NO3S. The van der Waals surface area contributed by atoms with Crippen molar-refractivity contribution in [1.29, 1.82) is 0 Å². The first kappa shape index (κ1) is 15.6. The number of hydrogen-bond acceptors (Lipinski definition) is 4. The van der Waals surface area contributed by atoms with Crippen LogP contribution < -0.4 is 5.32 Å². The van der Waals surface area contributed by atoms with Crippen LogP contribution in [0.2, 0.25) is 0 Å². The van der Waals surface area contributed by atoms with E-state index >= 15 is 0 Å². The lowest BCUT2D eigenvalue weighted by Gasteiger charge is -2.21. The third-order valence-corrected chi connectivity index (χ3v) is 3.33. The van der Waals surface area contributed by atoms with E-state index in [-0.39, 0.29) is 24.0 Å². The first-order valence-electron chi connectivity index (χ1n) is 5.50. The second kappa shape index (κ2) is 7.79. The molecule has 96 valence electrons. The second-order valence-electron chi connectivity index (χ2n) is 4.37. The van der Waals surface area contributed by atoms with E-state index in [2.05, 4.69) is 10.1 Å². The van der Waals surface area contributed by atoms with E-state index < -0.39 is 10.8 Å². The molecule has 0 saturated heterocycles. The second-order valence-corrected chi connectivity index (χ2v) is 5.85. The van der Waals surface area contributed by atoms with Gasteiger partial charge in [0, 0.05) is 34.9 Å². The molecule has 4 nitrogen and oxygen atoms in total. The highest BCUT2D eigenvalue weighted by atomic mass is 32.2. The number of nitrogens with one attached hydrogen (secondary N) is 1. The third-order valence-electron chi connectivity index (χ3n) is 2.36. The highest BCUT2D eigenvalue weighted by molar-refractivity contribution is 7.84. The number of rotatable bonds is 7. The average Bonchev–Trinajstić information content (AvgIpc) is 2.14. The van der Waals surface area contributed by atoms with Crippen LogP contribution in [-0.4, -0.2) is 41.4 Å². The van der Waals surface area contributed by atoms with E-state index in [9.17, 15) is 9.00 Å². The largest absolute Gasteiger partial charge is 0.469 e. The number of ether oxygens (including phenoxy) is 1.